The molecule has 0 radical (unpaired) electrons. The average molecular weight is 529 g/mol. The van der Waals surface area contributed by atoms with Gasteiger partial charge in [-0.25, -0.2) is 0 Å². The number of carbonyl (C=O) groups excluding carboxylic acids is 1. The van der Waals surface area contributed by atoms with Crippen LogP contribution in [-0.2, 0) is 0 Å². The Balaban J connectivity index is 1.33. The fourth-order valence-electron chi connectivity index (χ4n) is 4.44. The minimum Gasteiger partial charge on any atom is -0.321 e. The van der Waals surface area contributed by atoms with E-state index in [1.807, 2.05) is 77.8 Å². The maximum atomic E-state index is 13.3. The molecule has 0 saturated heterocycles. The van der Waals surface area contributed by atoms with Gasteiger partial charge in [0.15, 0.2) is 0 Å². The molecule has 37 heavy (non-hydrogen) atoms. The molecule has 0 fully saturated rings. The number of carbonyl (C=O) groups is 1. The maximum Gasteiger partial charge on any atom is 0.256 e. The smallest absolute Gasteiger partial charge is 0.256 e. The van der Waals surface area contributed by atoms with Crippen molar-refractivity contribution in [1.29, 1.82) is 0 Å². The van der Waals surface area contributed by atoms with E-state index in [4.69, 9.17) is 16.7 Å². The molecule has 0 saturated carbocycles. The number of hydrogen-bond acceptors (Lipinski definition) is 5. The van der Waals surface area contributed by atoms with Gasteiger partial charge in [0.05, 0.1) is 28.7 Å². The average Bonchev–Trinajstić information content (AvgIpc) is 3.26. The predicted molar refractivity (Wildman–Crippen MR) is 155 cm³/mol. The van der Waals surface area contributed by atoms with E-state index in [2.05, 4.69) is 29.4 Å². The highest BCUT2D eigenvalue weighted by Gasteiger charge is 2.36. The molecule has 2 heterocycles. The first-order valence-corrected chi connectivity index (χ1v) is 14.0. The van der Waals surface area contributed by atoms with Crippen LogP contribution in [0, 0.1) is 5.92 Å². The van der Waals surface area contributed by atoms with Gasteiger partial charge in [-0.2, -0.15) is 5.10 Å². The summed E-state index contributed by atoms with van der Waals surface area (Å²) in [5.74, 6) is 0.592. The van der Waals surface area contributed by atoms with Gasteiger partial charge in [0.1, 0.15) is 5.50 Å². The number of alkyl halides is 1. The van der Waals surface area contributed by atoms with E-state index in [1.165, 1.54) is 0 Å². The largest absolute Gasteiger partial charge is 0.321 e. The van der Waals surface area contributed by atoms with Crippen LogP contribution in [0.15, 0.2) is 101 Å². The van der Waals surface area contributed by atoms with Gasteiger partial charge in [-0.1, -0.05) is 85.6 Å². The van der Waals surface area contributed by atoms with E-state index in [-0.39, 0.29) is 17.3 Å². The fourth-order valence-corrected chi connectivity index (χ4v) is 6.08. The topological polar surface area (TPSA) is 57.6 Å². The molecule has 1 aliphatic heterocycles. The standard InChI is InChI=1S/C30H29ClN4OS/c1-2-3-17-35-29(31)25(28(34-35)21-11-5-4-6-12-21)20-37-27-16-10-8-14-24(27)30(36)33-23-18-22-13-7-9-15-26(22)32-19-23/h4-16,18-19,25,29H,2-3,17,20H2,1H3,(H,33,36). The Hall–Kier alpha value is -3.35. The van der Waals surface area contributed by atoms with Crippen molar-refractivity contribution in [2.75, 3.05) is 17.6 Å². The monoisotopic (exact) mass is 528 g/mol. The summed E-state index contributed by atoms with van der Waals surface area (Å²) in [6.45, 7) is 3.01. The van der Waals surface area contributed by atoms with Gasteiger partial charge in [-0.3, -0.25) is 14.8 Å². The SMILES string of the molecule is CCCCN1N=C(c2ccccc2)C(CSc2ccccc2C(=O)Nc2cnc3ccccc3c2)C1Cl. The second kappa shape index (κ2) is 11.8. The summed E-state index contributed by atoms with van der Waals surface area (Å²) in [5, 5.41) is 10.9. The molecule has 188 valence electrons. The molecule has 1 aromatic heterocycles. The Morgan fingerprint density at radius 2 is 1.78 bits per heavy atom. The number of hydrogen-bond donors (Lipinski definition) is 1. The molecule has 2 atom stereocenters. The summed E-state index contributed by atoms with van der Waals surface area (Å²) in [5.41, 5.74) is 4.07. The lowest BCUT2D eigenvalue weighted by molar-refractivity contribution is 0.102. The molecule has 4 aromatic rings. The second-order valence-corrected chi connectivity index (χ2v) is 10.5. The maximum absolute atomic E-state index is 13.3. The van der Waals surface area contributed by atoms with Crippen LogP contribution in [0.4, 0.5) is 5.69 Å². The number of halogens is 1. The third kappa shape index (κ3) is 5.81. The number of amides is 1. The lowest BCUT2D eigenvalue weighted by Crippen LogP contribution is -2.30. The van der Waals surface area contributed by atoms with Crippen molar-refractivity contribution in [1.82, 2.24) is 9.99 Å². The number of fused-ring (bicyclic) bond motifs is 1. The number of anilines is 1. The molecule has 5 nitrogen and oxygen atoms in total. The van der Waals surface area contributed by atoms with Gasteiger partial charge in [0.25, 0.3) is 5.91 Å². The van der Waals surface area contributed by atoms with Crippen LogP contribution in [0.2, 0.25) is 0 Å². The minimum absolute atomic E-state index is 0.0340. The molecule has 0 spiro atoms. The quantitative estimate of drug-likeness (QED) is 0.141. The molecule has 1 aliphatic rings. The molecule has 0 bridgehead atoms. The lowest BCUT2D eigenvalue weighted by Gasteiger charge is -2.22. The summed E-state index contributed by atoms with van der Waals surface area (Å²) in [4.78, 5) is 18.7. The second-order valence-electron chi connectivity index (χ2n) is 9.03. The zero-order chi connectivity index (χ0) is 25.6. The number of pyridine rings is 1. The molecule has 1 N–H and O–H groups in total. The summed E-state index contributed by atoms with van der Waals surface area (Å²) in [6.07, 6.45) is 3.83. The number of rotatable bonds is 9. The summed E-state index contributed by atoms with van der Waals surface area (Å²) in [7, 11) is 0. The van der Waals surface area contributed by atoms with Crippen LogP contribution < -0.4 is 5.32 Å². The van der Waals surface area contributed by atoms with Crippen molar-refractivity contribution in [2.24, 2.45) is 11.0 Å². The van der Waals surface area contributed by atoms with Crippen LogP contribution >= 0.6 is 23.4 Å². The van der Waals surface area contributed by atoms with Gasteiger partial charge in [-0.15, -0.1) is 11.8 Å². The van der Waals surface area contributed by atoms with Crippen molar-refractivity contribution in [3.05, 3.63) is 102 Å². The van der Waals surface area contributed by atoms with E-state index in [9.17, 15) is 4.79 Å². The summed E-state index contributed by atoms with van der Waals surface area (Å²) in [6, 6.07) is 27.7. The van der Waals surface area contributed by atoms with Crippen molar-refractivity contribution >= 4 is 51.6 Å². The van der Waals surface area contributed by atoms with Crippen LogP contribution in [0.3, 0.4) is 0 Å². The van der Waals surface area contributed by atoms with Crippen molar-refractivity contribution in [3.63, 3.8) is 0 Å². The van der Waals surface area contributed by atoms with E-state index >= 15 is 0 Å². The van der Waals surface area contributed by atoms with E-state index < -0.39 is 0 Å². The minimum atomic E-state index is -0.223. The van der Waals surface area contributed by atoms with Crippen LogP contribution in [0.5, 0.6) is 0 Å². The first kappa shape index (κ1) is 25.3. The third-order valence-corrected chi connectivity index (χ3v) is 8.14. The fraction of sp³-hybridized carbons (Fsp3) is 0.233. The molecule has 3 aromatic carbocycles. The number of thioether (sulfide) groups is 1. The van der Waals surface area contributed by atoms with Crippen molar-refractivity contribution in [2.45, 2.75) is 30.2 Å². The first-order chi connectivity index (χ1) is 18.1. The molecule has 5 rings (SSSR count). The summed E-state index contributed by atoms with van der Waals surface area (Å²) < 4.78 is 0. The Morgan fingerprint density at radius 3 is 2.62 bits per heavy atom. The zero-order valence-electron chi connectivity index (χ0n) is 20.7. The number of nitrogens with one attached hydrogen (secondary N) is 1. The number of benzene rings is 3. The number of unbranched alkanes of at least 4 members (excludes halogenated alkanes) is 1. The molecule has 7 heteroatoms. The third-order valence-electron chi connectivity index (χ3n) is 6.41. The van der Waals surface area contributed by atoms with Gasteiger partial charge in [0.2, 0.25) is 0 Å². The zero-order valence-corrected chi connectivity index (χ0v) is 22.3. The Morgan fingerprint density at radius 1 is 1.03 bits per heavy atom. The van der Waals surface area contributed by atoms with Crippen molar-refractivity contribution < 1.29 is 4.79 Å². The number of nitrogens with zero attached hydrogens (tertiary/aromatic N) is 3. The van der Waals surface area contributed by atoms with Crippen LogP contribution in [0.25, 0.3) is 10.9 Å². The van der Waals surface area contributed by atoms with Crippen LogP contribution in [-0.4, -0.2) is 39.4 Å². The van der Waals surface area contributed by atoms with E-state index in [1.54, 1.807) is 18.0 Å². The van der Waals surface area contributed by atoms with Crippen molar-refractivity contribution in [3.8, 4) is 0 Å². The predicted octanol–water partition coefficient (Wildman–Crippen LogP) is 7.28. The Labute approximate surface area is 226 Å². The molecule has 1 amide bonds. The van der Waals surface area contributed by atoms with Gasteiger partial charge < -0.3 is 5.32 Å². The number of hydrazone groups is 1. The first-order valence-electron chi connectivity index (χ1n) is 12.6. The molecule has 0 aliphatic carbocycles. The van der Waals surface area contributed by atoms with Gasteiger partial charge >= 0.3 is 0 Å². The van der Waals surface area contributed by atoms with Crippen LogP contribution in [0.1, 0.15) is 35.7 Å². The van der Waals surface area contributed by atoms with E-state index in [0.717, 1.165) is 46.5 Å². The number of aromatic nitrogens is 1. The number of para-hydroxylation sites is 1. The Kier molecular flexibility index (Phi) is 8.07. The van der Waals surface area contributed by atoms with Gasteiger partial charge in [-0.05, 0) is 36.2 Å². The highest BCUT2D eigenvalue weighted by molar-refractivity contribution is 7.99. The highest BCUT2D eigenvalue weighted by atomic mass is 35.5. The normalized spacial score (nSPS) is 17.1. The molecule has 2 unspecified atom stereocenters. The van der Waals surface area contributed by atoms with Gasteiger partial charge in [0, 0.05) is 28.5 Å². The molecular formula is C30H29ClN4OS. The van der Waals surface area contributed by atoms with E-state index in [0.29, 0.717) is 17.0 Å². The highest BCUT2D eigenvalue weighted by Crippen LogP contribution is 2.35. The summed E-state index contributed by atoms with van der Waals surface area (Å²) >= 11 is 8.61. The lowest BCUT2D eigenvalue weighted by atomic mass is 9.99. The molecular weight excluding hydrogens is 500 g/mol. The Bertz CT molecular complexity index is 1410.